The number of terminal acetylenes is 1. The molecular formula is C9H10N4O2. The van der Waals surface area contributed by atoms with Crippen molar-refractivity contribution in [3.8, 4) is 12.3 Å². The zero-order chi connectivity index (χ0) is 11.1. The third-order valence-corrected chi connectivity index (χ3v) is 1.63. The number of nitrogens with zero attached hydrogens (tertiary/aromatic N) is 3. The van der Waals surface area contributed by atoms with Crippen molar-refractivity contribution in [2.24, 2.45) is 0 Å². The Balaban J connectivity index is 2.43. The molecule has 6 nitrogen and oxygen atoms in total. The molecule has 1 N–H and O–H groups in total. The van der Waals surface area contributed by atoms with Gasteiger partial charge in [-0.15, -0.1) is 12.3 Å². The Kier molecular flexibility index (Phi) is 4.04. The summed E-state index contributed by atoms with van der Waals surface area (Å²) < 4.78 is 0. The average Bonchev–Trinajstić information content (AvgIpc) is 2.25. The van der Waals surface area contributed by atoms with Gasteiger partial charge in [0.05, 0.1) is 4.92 Å². The molecule has 0 unspecified atom stereocenters. The van der Waals surface area contributed by atoms with Gasteiger partial charge < -0.3 is 5.32 Å². The van der Waals surface area contributed by atoms with E-state index in [0.717, 1.165) is 18.8 Å². The van der Waals surface area contributed by atoms with Gasteiger partial charge in [-0.25, -0.2) is 9.97 Å². The monoisotopic (exact) mass is 206 g/mol. The number of anilines is 1. The van der Waals surface area contributed by atoms with Crippen LogP contribution in [-0.4, -0.2) is 21.4 Å². The number of unbranched alkanes of at least 4 members (excludes halogenated alkanes) is 1. The lowest BCUT2D eigenvalue weighted by molar-refractivity contribution is -0.385. The van der Waals surface area contributed by atoms with E-state index in [1.165, 1.54) is 0 Å². The molecule has 6 heteroatoms. The van der Waals surface area contributed by atoms with Gasteiger partial charge in [0.2, 0.25) is 5.95 Å². The summed E-state index contributed by atoms with van der Waals surface area (Å²) in [5.41, 5.74) is -0.121. The second kappa shape index (κ2) is 5.54. The first-order valence-corrected chi connectivity index (χ1v) is 4.38. The maximum Gasteiger partial charge on any atom is 0.305 e. The second-order valence-electron chi connectivity index (χ2n) is 2.76. The van der Waals surface area contributed by atoms with E-state index in [9.17, 15) is 10.1 Å². The Morgan fingerprint density at radius 2 is 2.20 bits per heavy atom. The topological polar surface area (TPSA) is 81.0 Å². The number of aromatic nitrogens is 2. The normalized spacial score (nSPS) is 9.27. The molecule has 0 aromatic carbocycles. The quantitative estimate of drug-likeness (QED) is 0.339. The number of rotatable bonds is 5. The molecule has 0 bridgehead atoms. The van der Waals surface area contributed by atoms with Gasteiger partial charge in [0.25, 0.3) is 0 Å². The predicted octanol–water partition coefficient (Wildman–Crippen LogP) is 1.21. The van der Waals surface area contributed by atoms with E-state index in [1.54, 1.807) is 0 Å². The van der Waals surface area contributed by atoms with Crippen molar-refractivity contribution in [3.05, 3.63) is 22.5 Å². The molecule has 0 aliphatic carbocycles. The Morgan fingerprint density at radius 1 is 1.53 bits per heavy atom. The zero-order valence-electron chi connectivity index (χ0n) is 8.01. The van der Waals surface area contributed by atoms with E-state index < -0.39 is 4.92 Å². The smallest absolute Gasteiger partial charge is 0.305 e. The van der Waals surface area contributed by atoms with E-state index in [-0.39, 0.29) is 5.69 Å². The molecule has 0 fully saturated rings. The van der Waals surface area contributed by atoms with Crippen LogP contribution in [0.15, 0.2) is 12.4 Å². The van der Waals surface area contributed by atoms with Crippen molar-refractivity contribution in [1.82, 2.24) is 9.97 Å². The van der Waals surface area contributed by atoms with Crippen LogP contribution in [-0.2, 0) is 0 Å². The molecule has 1 aromatic heterocycles. The number of nitro groups is 1. The van der Waals surface area contributed by atoms with E-state index >= 15 is 0 Å². The Labute approximate surface area is 86.9 Å². The van der Waals surface area contributed by atoms with E-state index in [0.29, 0.717) is 18.9 Å². The Hall–Kier alpha value is -2.16. The molecule has 1 aromatic rings. The third kappa shape index (κ3) is 3.60. The van der Waals surface area contributed by atoms with Crippen molar-refractivity contribution < 1.29 is 4.92 Å². The van der Waals surface area contributed by atoms with Crippen LogP contribution in [0.2, 0.25) is 0 Å². The molecule has 1 heterocycles. The fourth-order valence-electron chi connectivity index (χ4n) is 0.897. The van der Waals surface area contributed by atoms with Crippen LogP contribution in [0.4, 0.5) is 11.6 Å². The van der Waals surface area contributed by atoms with Crippen LogP contribution in [0.25, 0.3) is 0 Å². The summed E-state index contributed by atoms with van der Waals surface area (Å²) >= 11 is 0. The molecule has 0 saturated heterocycles. The van der Waals surface area contributed by atoms with Gasteiger partial charge in [-0.05, 0) is 6.42 Å². The lowest BCUT2D eigenvalue weighted by atomic mass is 10.3. The van der Waals surface area contributed by atoms with Crippen LogP contribution in [0.3, 0.4) is 0 Å². The van der Waals surface area contributed by atoms with Crippen molar-refractivity contribution in [2.45, 2.75) is 12.8 Å². The highest BCUT2D eigenvalue weighted by Crippen LogP contribution is 2.07. The molecule has 0 aliphatic heterocycles. The number of hydrogen-bond acceptors (Lipinski definition) is 5. The van der Waals surface area contributed by atoms with Crippen LogP contribution < -0.4 is 5.32 Å². The third-order valence-electron chi connectivity index (χ3n) is 1.63. The first-order chi connectivity index (χ1) is 7.24. The summed E-state index contributed by atoms with van der Waals surface area (Å²) in [6.45, 7) is 0.655. The summed E-state index contributed by atoms with van der Waals surface area (Å²) in [6.07, 6.45) is 8.90. The van der Waals surface area contributed by atoms with Gasteiger partial charge in [0.1, 0.15) is 12.4 Å². The average molecular weight is 206 g/mol. The molecule has 0 atom stereocenters. The summed E-state index contributed by atoms with van der Waals surface area (Å²) in [6, 6.07) is 0. The molecule has 0 aliphatic rings. The van der Waals surface area contributed by atoms with Gasteiger partial charge >= 0.3 is 5.69 Å². The molecule has 1 rings (SSSR count). The summed E-state index contributed by atoms with van der Waals surface area (Å²) in [5, 5.41) is 13.2. The van der Waals surface area contributed by atoms with Gasteiger partial charge in [-0.1, -0.05) is 0 Å². The highest BCUT2D eigenvalue weighted by Gasteiger charge is 2.05. The van der Waals surface area contributed by atoms with E-state index in [4.69, 9.17) is 6.42 Å². The highest BCUT2D eigenvalue weighted by atomic mass is 16.6. The summed E-state index contributed by atoms with van der Waals surface area (Å²) in [7, 11) is 0. The van der Waals surface area contributed by atoms with Crippen LogP contribution in [0.5, 0.6) is 0 Å². The molecule has 15 heavy (non-hydrogen) atoms. The predicted molar refractivity (Wildman–Crippen MR) is 55.2 cm³/mol. The van der Waals surface area contributed by atoms with Gasteiger partial charge in [0.15, 0.2) is 0 Å². The van der Waals surface area contributed by atoms with Crippen molar-refractivity contribution in [3.63, 3.8) is 0 Å². The largest absolute Gasteiger partial charge is 0.354 e. The van der Waals surface area contributed by atoms with Crippen molar-refractivity contribution in [2.75, 3.05) is 11.9 Å². The van der Waals surface area contributed by atoms with E-state index in [2.05, 4.69) is 21.2 Å². The zero-order valence-corrected chi connectivity index (χ0v) is 8.01. The van der Waals surface area contributed by atoms with Crippen LogP contribution >= 0.6 is 0 Å². The fourth-order valence-corrected chi connectivity index (χ4v) is 0.897. The minimum Gasteiger partial charge on any atom is -0.354 e. The van der Waals surface area contributed by atoms with Crippen LogP contribution in [0, 0.1) is 22.5 Å². The van der Waals surface area contributed by atoms with Crippen molar-refractivity contribution >= 4 is 11.6 Å². The van der Waals surface area contributed by atoms with Gasteiger partial charge in [-0.3, -0.25) is 10.1 Å². The minimum absolute atomic E-state index is 0.121. The molecule has 78 valence electrons. The Bertz CT molecular complexity index is 369. The summed E-state index contributed by atoms with van der Waals surface area (Å²) in [4.78, 5) is 17.3. The first-order valence-electron chi connectivity index (χ1n) is 4.38. The number of hydrogen-bond donors (Lipinski definition) is 1. The molecular weight excluding hydrogens is 196 g/mol. The molecule has 0 radical (unpaired) electrons. The van der Waals surface area contributed by atoms with E-state index in [1.807, 2.05) is 0 Å². The lowest BCUT2D eigenvalue weighted by Crippen LogP contribution is -2.05. The maximum atomic E-state index is 10.3. The van der Waals surface area contributed by atoms with Gasteiger partial charge in [0, 0.05) is 13.0 Å². The second-order valence-corrected chi connectivity index (χ2v) is 2.76. The standard InChI is InChI=1S/C9H10N4O2/c1-2-3-4-5-10-9-11-6-8(7-12-9)13(14)15/h1,6-7H,3-5H2,(H,10,11,12). The SMILES string of the molecule is C#CCCCNc1ncc([N+](=O)[O-])cn1. The van der Waals surface area contributed by atoms with Crippen molar-refractivity contribution in [1.29, 1.82) is 0 Å². The van der Waals surface area contributed by atoms with Crippen LogP contribution in [0.1, 0.15) is 12.8 Å². The Morgan fingerprint density at radius 3 is 2.73 bits per heavy atom. The lowest BCUT2D eigenvalue weighted by Gasteiger charge is -2.01. The number of nitrogens with one attached hydrogen (secondary N) is 1. The van der Waals surface area contributed by atoms with Gasteiger partial charge in [-0.2, -0.15) is 0 Å². The molecule has 0 amide bonds. The first kappa shape index (κ1) is 10.9. The highest BCUT2D eigenvalue weighted by molar-refractivity contribution is 5.30. The maximum absolute atomic E-state index is 10.3. The molecule has 0 saturated carbocycles. The fraction of sp³-hybridized carbons (Fsp3) is 0.333. The summed E-state index contributed by atoms with van der Waals surface area (Å²) in [5.74, 6) is 2.88. The minimum atomic E-state index is -0.540. The molecule has 0 spiro atoms.